The Labute approximate surface area is 157 Å². The fourth-order valence-electron chi connectivity index (χ4n) is 2.16. The third-order valence-corrected chi connectivity index (χ3v) is 3.91. The van der Waals surface area contributed by atoms with Crippen LogP contribution < -0.4 is 5.32 Å². The maximum absolute atomic E-state index is 11.8. The molecule has 0 aliphatic rings. The first-order valence-corrected chi connectivity index (χ1v) is 8.60. The molecule has 126 valence electrons. The number of rotatable bonds is 10. The third-order valence-electron chi connectivity index (χ3n) is 3.41. The second-order valence-electron chi connectivity index (χ2n) is 5.28. The van der Waals surface area contributed by atoms with Gasteiger partial charge in [-0.05, 0) is 0 Å². The molecule has 0 fully saturated rings. The van der Waals surface area contributed by atoms with E-state index in [2.05, 4.69) is 28.3 Å². The second kappa shape index (κ2) is 13.1. The van der Waals surface area contributed by atoms with Gasteiger partial charge in [-0.1, -0.05) is 26.2 Å². The van der Waals surface area contributed by atoms with Crippen molar-refractivity contribution in [3.8, 4) is 0 Å². The smallest absolute Gasteiger partial charge is 0 e. The number of nitrogens with one attached hydrogen (secondary N) is 1. The van der Waals surface area contributed by atoms with E-state index in [0.717, 1.165) is 18.5 Å². The molecule has 2 radical (unpaired) electrons. The van der Waals surface area contributed by atoms with Gasteiger partial charge in [0.2, 0.25) is 0 Å². The molecule has 1 N–H and O–H groups in total. The molecule has 0 aromatic heterocycles. The van der Waals surface area contributed by atoms with Crippen LogP contribution >= 0.6 is 0 Å². The van der Waals surface area contributed by atoms with Crippen molar-refractivity contribution in [1.82, 2.24) is 0 Å². The predicted molar refractivity (Wildman–Crippen MR) is 87.8 cm³/mol. The Bertz CT molecular complexity index is 448. The Morgan fingerprint density at radius 1 is 0.955 bits per heavy atom. The van der Waals surface area contributed by atoms with Crippen LogP contribution in [0.1, 0.15) is 68.6 Å². The van der Waals surface area contributed by atoms with E-state index >= 15 is 0 Å². The fourth-order valence-corrected chi connectivity index (χ4v) is 2.44. The molecule has 0 aliphatic carbocycles. The number of unbranched alkanes of at least 4 members (excludes halogenated alkanes) is 6. The van der Waals surface area contributed by atoms with Crippen LogP contribution in [-0.4, -0.2) is 26.6 Å². The molecule has 0 saturated carbocycles. The van der Waals surface area contributed by atoms with Crippen molar-refractivity contribution < 1.29 is 32.0 Å². The van der Waals surface area contributed by atoms with Crippen molar-refractivity contribution in [2.45, 2.75) is 58.3 Å². The van der Waals surface area contributed by atoms with Crippen LogP contribution in [0, 0.1) is 0 Å². The van der Waals surface area contributed by atoms with E-state index in [9.17, 15) is 9.59 Å². The molecule has 0 aliphatic heterocycles. The van der Waals surface area contributed by atoms with Gasteiger partial charge in [0.25, 0.3) is 0 Å². The molecule has 1 amide bonds. The van der Waals surface area contributed by atoms with Crippen LogP contribution in [0.3, 0.4) is 0 Å². The van der Waals surface area contributed by atoms with Crippen molar-refractivity contribution in [2.24, 2.45) is 0 Å². The van der Waals surface area contributed by atoms with Gasteiger partial charge in [0.1, 0.15) is 0 Å². The predicted octanol–water partition coefficient (Wildman–Crippen LogP) is 4.07. The van der Waals surface area contributed by atoms with Gasteiger partial charge in [-0.25, -0.2) is 0 Å². The summed E-state index contributed by atoms with van der Waals surface area (Å²) in [4.78, 5) is 22.9. The van der Waals surface area contributed by atoms with E-state index in [-0.39, 0.29) is 33.0 Å². The molecule has 0 saturated heterocycles. The first-order valence-electron chi connectivity index (χ1n) is 7.74. The number of carbonyl (C=O) groups is 2. The molecule has 5 heteroatoms. The number of anilines is 1. The SMILES string of the molecule is CCCCCCCCCC(=O)Nc1ccc(C(=O)[Se])cc1.[Au]. The van der Waals surface area contributed by atoms with Gasteiger partial charge in [0.05, 0.1) is 0 Å². The standard InChI is InChI=1S/C17H24NO2Se.Au/c1-2-3-4-5-6-7-8-9-16(19)18-15-12-10-14(11-13-15)17(20)21;/h10-13H,2-9H2,1H3,(H,18,19);. The largest absolute Gasteiger partial charge is 0 e. The second-order valence-corrected chi connectivity index (χ2v) is 6.06. The third kappa shape index (κ3) is 9.60. The average molecular weight is 550 g/mol. The van der Waals surface area contributed by atoms with Crippen molar-refractivity contribution in [2.75, 3.05) is 5.32 Å². The summed E-state index contributed by atoms with van der Waals surface area (Å²) >= 11 is 2.44. The summed E-state index contributed by atoms with van der Waals surface area (Å²) in [5, 5.41) is 2.86. The van der Waals surface area contributed by atoms with Gasteiger partial charge in [-0.15, -0.1) is 0 Å². The molecule has 0 bridgehead atoms. The molecule has 0 spiro atoms. The van der Waals surface area contributed by atoms with E-state index in [1.807, 2.05) is 0 Å². The van der Waals surface area contributed by atoms with Crippen LogP contribution in [0.2, 0.25) is 0 Å². The monoisotopic (exact) mass is 551 g/mol. The fraction of sp³-hybridized carbons (Fsp3) is 0.529. The van der Waals surface area contributed by atoms with Crippen molar-refractivity contribution in [3.05, 3.63) is 29.8 Å². The summed E-state index contributed by atoms with van der Waals surface area (Å²) in [6, 6.07) is 6.94. The van der Waals surface area contributed by atoms with Crippen LogP contribution in [0.4, 0.5) is 5.69 Å². The Balaban J connectivity index is 0.00000441. The zero-order valence-electron chi connectivity index (χ0n) is 13.0. The maximum atomic E-state index is 11.8. The molecular weight excluding hydrogens is 526 g/mol. The number of amides is 1. The Morgan fingerprint density at radius 3 is 2.05 bits per heavy atom. The van der Waals surface area contributed by atoms with Gasteiger partial charge in [-0.3, -0.25) is 0 Å². The van der Waals surface area contributed by atoms with Gasteiger partial charge < -0.3 is 0 Å². The zero-order valence-corrected chi connectivity index (χ0v) is 16.9. The summed E-state index contributed by atoms with van der Waals surface area (Å²) < 4.78 is -0.0871. The van der Waals surface area contributed by atoms with E-state index in [1.54, 1.807) is 24.3 Å². The molecule has 3 nitrogen and oxygen atoms in total. The van der Waals surface area contributed by atoms with Crippen LogP contribution in [0.25, 0.3) is 0 Å². The summed E-state index contributed by atoms with van der Waals surface area (Å²) in [7, 11) is 0. The summed E-state index contributed by atoms with van der Waals surface area (Å²) in [5.41, 5.74) is 1.35. The van der Waals surface area contributed by atoms with Gasteiger partial charge in [0, 0.05) is 22.4 Å². The van der Waals surface area contributed by atoms with Crippen molar-refractivity contribution in [3.63, 3.8) is 0 Å². The molecule has 22 heavy (non-hydrogen) atoms. The maximum Gasteiger partial charge on any atom is 0 e. The van der Waals surface area contributed by atoms with Gasteiger partial charge in [0.15, 0.2) is 0 Å². The zero-order chi connectivity index (χ0) is 15.5. The Kier molecular flexibility index (Phi) is 12.9. The molecule has 1 rings (SSSR count). The molecule has 0 heterocycles. The Hall–Kier alpha value is -0.380. The quantitative estimate of drug-likeness (QED) is 0.353. The average Bonchev–Trinajstić information content (AvgIpc) is 2.47. The van der Waals surface area contributed by atoms with Gasteiger partial charge >= 0.3 is 109 Å². The van der Waals surface area contributed by atoms with Crippen LogP contribution in [0.15, 0.2) is 24.3 Å². The topological polar surface area (TPSA) is 46.2 Å². The van der Waals surface area contributed by atoms with Crippen LogP contribution in [-0.2, 0) is 27.2 Å². The Morgan fingerprint density at radius 2 is 1.50 bits per heavy atom. The molecule has 1 aromatic carbocycles. The number of carbonyl (C=O) groups excluding carboxylic acids is 2. The van der Waals surface area contributed by atoms with Gasteiger partial charge in [-0.2, -0.15) is 0 Å². The van der Waals surface area contributed by atoms with Crippen LogP contribution in [0.5, 0.6) is 0 Å². The minimum atomic E-state index is -0.0871. The van der Waals surface area contributed by atoms with E-state index in [4.69, 9.17) is 0 Å². The number of benzene rings is 1. The minimum absolute atomic E-state index is 0. The first-order chi connectivity index (χ1) is 10.1. The van der Waals surface area contributed by atoms with E-state index in [1.165, 1.54) is 32.1 Å². The molecule has 0 atom stereocenters. The van der Waals surface area contributed by atoms with E-state index in [0.29, 0.717) is 12.0 Å². The summed E-state index contributed by atoms with van der Waals surface area (Å²) in [5.74, 6) is 0.0469. The minimum Gasteiger partial charge on any atom is 0 e. The summed E-state index contributed by atoms with van der Waals surface area (Å²) in [6.07, 6.45) is 9.01. The number of hydrogen-bond donors (Lipinski definition) is 1. The summed E-state index contributed by atoms with van der Waals surface area (Å²) in [6.45, 7) is 2.21. The molecule has 0 unspecified atom stereocenters. The first kappa shape index (κ1) is 21.6. The van der Waals surface area contributed by atoms with E-state index < -0.39 is 0 Å². The number of hydrogen-bond acceptors (Lipinski definition) is 2. The van der Waals surface area contributed by atoms with Crippen molar-refractivity contribution in [1.29, 1.82) is 0 Å². The normalized spacial score (nSPS) is 9.86. The molecule has 1 aromatic rings. The van der Waals surface area contributed by atoms with Crippen molar-refractivity contribution >= 4 is 32.3 Å². The molecular formula is C17H24AuNO2Se.